The van der Waals surface area contributed by atoms with Crippen molar-refractivity contribution < 1.29 is 13.7 Å². The lowest BCUT2D eigenvalue weighted by Gasteiger charge is -2.37. The minimum Gasteiger partial charge on any atom is -0.440 e. The van der Waals surface area contributed by atoms with E-state index in [2.05, 4.69) is 76.0 Å². The van der Waals surface area contributed by atoms with Crippen LogP contribution in [0.4, 0.5) is 11.6 Å². The minimum absolute atomic E-state index is 0.0000505. The largest absolute Gasteiger partial charge is 0.496 e. The lowest BCUT2D eigenvalue weighted by molar-refractivity contribution is 0.0343. The van der Waals surface area contributed by atoms with Crippen molar-refractivity contribution in [1.82, 2.24) is 0 Å². The molecule has 39 heavy (non-hydrogen) atoms. The summed E-state index contributed by atoms with van der Waals surface area (Å²) in [5.74, 6) is 0.711. The summed E-state index contributed by atoms with van der Waals surface area (Å²) in [5.41, 5.74) is 6.83. The van der Waals surface area contributed by atoms with Gasteiger partial charge in [-0.15, -0.1) is 0 Å². The van der Waals surface area contributed by atoms with Crippen LogP contribution in [0.25, 0.3) is 11.0 Å². The van der Waals surface area contributed by atoms with Gasteiger partial charge in [-0.05, 0) is 69.2 Å². The molecule has 3 aromatic rings. The molecule has 0 saturated carbocycles. The van der Waals surface area contributed by atoms with Crippen molar-refractivity contribution in [2.45, 2.75) is 74.3 Å². The van der Waals surface area contributed by atoms with Crippen LogP contribution in [0.2, 0.25) is 0 Å². The Morgan fingerprint density at radius 2 is 1.59 bits per heavy atom. The summed E-state index contributed by atoms with van der Waals surface area (Å²) < 4.78 is 18.9. The lowest BCUT2D eigenvalue weighted by Crippen LogP contribution is -2.48. The van der Waals surface area contributed by atoms with Gasteiger partial charge in [-0.25, -0.2) is 0 Å². The zero-order valence-corrected chi connectivity index (χ0v) is 24.9. The second kappa shape index (κ2) is 10.3. The van der Waals surface area contributed by atoms with Crippen molar-refractivity contribution in [3.63, 3.8) is 0 Å². The smallest absolute Gasteiger partial charge is 0.440 e. The first-order valence-corrected chi connectivity index (χ1v) is 14.3. The fraction of sp³-hybridized carbons (Fsp3) is 0.531. The molecular weight excluding hydrogens is 487 g/mol. The third-order valence-electron chi connectivity index (χ3n) is 8.32. The number of hydrogen-bond donors (Lipinski definition) is 1. The Bertz CT molecular complexity index is 1420. The van der Waals surface area contributed by atoms with E-state index in [9.17, 15) is 4.79 Å². The second-order valence-electron chi connectivity index (χ2n) is 13.3. The molecule has 3 heterocycles. The first-order valence-electron chi connectivity index (χ1n) is 14.3. The zero-order valence-electron chi connectivity index (χ0n) is 24.9. The maximum Gasteiger partial charge on any atom is 0.496 e. The average molecular weight is 531 g/mol. The number of hydrogen-bond acceptors (Lipinski definition) is 6. The van der Waals surface area contributed by atoms with E-state index in [1.165, 1.54) is 0 Å². The third-order valence-corrected chi connectivity index (χ3v) is 8.32. The van der Waals surface area contributed by atoms with Crippen LogP contribution in [-0.2, 0) is 9.31 Å². The molecule has 0 amide bonds. The van der Waals surface area contributed by atoms with Gasteiger partial charge < -0.3 is 23.9 Å². The van der Waals surface area contributed by atoms with Gasteiger partial charge in [0.05, 0.1) is 17.0 Å². The number of piperidine rings is 1. The third kappa shape index (κ3) is 5.76. The second-order valence-corrected chi connectivity index (χ2v) is 13.3. The highest BCUT2D eigenvalue weighted by Crippen LogP contribution is 2.36. The molecule has 1 atom stereocenters. The Kier molecular flexibility index (Phi) is 7.36. The number of benzene rings is 2. The van der Waals surface area contributed by atoms with Gasteiger partial charge in [0.2, 0.25) is 5.88 Å². The van der Waals surface area contributed by atoms with Crippen molar-refractivity contribution in [3.8, 4) is 0 Å². The van der Waals surface area contributed by atoms with E-state index >= 15 is 0 Å². The van der Waals surface area contributed by atoms with Crippen LogP contribution in [0.3, 0.4) is 0 Å². The fourth-order valence-corrected chi connectivity index (χ4v) is 5.68. The summed E-state index contributed by atoms with van der Waals surface area (Å²) in [6, 6.07) is 10.3. The lowest BCUT2D eigenvalue weighted by atomic mass is 9.74. The van der Waals surface area contributed by atoms with Crippen LogP contribution >= 0.6 is 0 Å². The summed E-state index contributed by atoms with van der Waals surface area (Å²) in [7, 11) is -0.418. The number of aryl methyl sites for hydroxylation is 2. The van der Waals surface area contributed by atoms with Gasteiger partial charge in [-0.2, -0.15) is 0 Å². The molecular formula is C32H43BN2O4. The molecule has 0 bridgehead atoms. The number of nitrogens with zero attached hydrogens (tertiary/aromatic N) is 1. The summed E-state index contributed by atoms with van der Waals surface area (Å²) in [6.45, 7) is 20.1. The molecule has 1 aromatic heterocycles. The molecule has 208 valence electrons. The Balaban J connectivity index is 1.52. The number of nitrogens with one attached hydrogen (secondary N) is 1. The highest BCUT2D eigenvalue weighted by Gasteiger charge is 2.35. The molecule has 1 N–H and O–H groups in total. The van der Waals surface area contributed by atoms with Crippen molar-refractivity contribution in [2.24, 2.45) is 10.8 Å². The molecule has 6 nitrogen and oxygen atoms in total. The molecule has 2 saturated heterocycles. The summed E-state index contributed by atoms with van der Waals surface area (Å²) in [6.07, 6.45) is 2.15. The zero-order chi connectivity index (χ0) is 28.1. The maximum atomic E-state index is 13.6. The van der Waals surface area contributed by atoms with Gasteiger partial charge in [-0.1, -0.05) is 45.9 Å². The molecule has 5 rings (SSSR count). The molecule has 0 radical (unpaired) electrons. The highest BCUT2D eigenvalue weighted by molar-refractivity contribution is 6.63. The fourth-order valence-electron chi connectivity index (χ4n) is 5.68. The predicted octanol–water partition coefficient (Wildman–Crippen LogP) is 6.29. The van der Waals surface area contributed by atoms with Crippen LogP contribution in [0.1, 0.15) is 75.8 Å². The van der Waals surface area contributed by atoms with Crippen molar-refractivity contribution in [1.29, 1.82) is 0 Å². The summed E-state index contributed by atoms with van der Waals surface area (Å²) in [4.78, 5) is 15.9. The van der Waals surface area contributed by atoms with Crippen LogP contribution in [0.5, 0.6) is 0 Å². The van der Waals surface area contributed by atoms with Crippen molar-refractivity contribution in [3.05, 3.63) is 62.8 Å². The van der Waals surface area contributed by atoms with Gasteiger partial charge in [-0.3, -0.25) is 4.79 Å². The molecule has 0 aliphatic carbocycles. The Morgan fingerprint density at radius 3 is 2.26 bits per heavy atom. The summed E-state index contributed by atoms with van der Waals surface area (Å²) in [5, 5.41) is 4.35. The standard InChI is InChI=1S/C32H43BN2O4/c1-20-9-10-26(33-37-18-32(7,8)19-38-33)27(17-20)34-23(4)24-15-21(2)16-25-28(36)22(3)30(39-29(24)25)35-13-11-31(5,6)12-14-35/h9-10,15-17,23,34H,11-14,18-19H2,1-8H3/t23-/m1/s1. The number of anilines is 2. The Labute approximate surface area is 233 Å². The topological polar surface area (TPSA) is 63.9 Å². The van der Waals surface area contributed by atoms with E-state index in [0.717, 1.165) is 53.8 Å². The predicted molar refractivity (Wildman–Crippen MR) is 161 cm³/mol. The SMILES string of the molecule is Cc1ccc(B2OCC(C)(C)CO2)c(N[C@H](C)c2cc(C)cc3c(=O)c(C)c(N4CCC(C)(C)CC4)oc23)c1. The molecule has 2 aliphatic heterocycles. The maximum absolute atomic E-state index is 13.6. The van der Waals surface area contributed by atoms with Crippen molar-refractivity contribution in [2.75, 3.05) is 36.5 Å². The molecule has 7 heteroatoms. The van der Waals surface area contributed by atoms with Crippen LogP contribution in [0.15, 0.2) is 39.5 Å². The van der Waals surface area contributed by atoms with Crippen molar-refractivity contribution >= 4 is 35.1 Å². The monoisotopic (exact) mass is 530 g/mol. The quantitative estimate of drug-likeness (QED) is 0.392. The Hall–Kier alpha value is -2.77. The molecule has 2 aromatic carbocycles. The Morgan fingerprint density at radius 1 is 0.923 bits per heavy atom. The van der Waals surface area contributed by atoms with Crippen LogP contribution in [0, 0.1) is 31.6 Å². The molecule has 2 fully saturated rings. The van der Waals surface area contributed by atoms with E-state index in [1.807, 2.05) is 19.9 Å². The van der Waals surface area contributed by atoms with Gasteiger partial charge >= 0.3 is 7.12 Å². The highest BCUT2D eigenvalue weighted by atomic mass is 16.6. The van der Waals surface area contributed by atoms with Gasteiger partial charge in [0.25, 0.3) is 0 Å². The summed E-state index contributed by atoms with van der Waals surface area (Å²) >= 11 is 0. The van der Waals surface area contributed by atoms with Gasteiger partial charge in [0.1, 0.15) is 5.58 Å². The van der Waals surface area contributed by atoms with E-state index < -0.39 is 7.12 Å². The average Bonchev–Trinajstić information content (AvgIpc) is 2.87. The number of rotatable bonds is 5. The minimum atomic E-state index is -0.418. The van der Waals surface area contributed by atoms with Crippen LogP contribution in [-0.4, -0.2) is 33.4 Å². The van der Waals surface area contributed by atoms with E-state index in [0.29, 0.717) is 41.0 Å². The first kappa shape index (κ1) is 27.8. The van der Waals surface area contributed by atoms with E-state index in [-0.39, 0.29) is 16.9 Å². The first-order chi connectivity index (χ1) is 18.3. The molecule has 2 aliphatic rings. The normalized spacial score (nSPS) is 19.8. The van der Waals surface area contributed by atoms with Gasteiger partial charge in [0.15, 0.2) is 5.43 Å². The van der Waals surface area contributed by atoms with E-state index in [1.54, 1.807) is 0 Å². The van der Waals surface area contributed by atoms with Crippen LogP contribution < -0.4 is 21.1 Å². The van der Waals surface area contributed by atoms with Gasteiger partial charge in [0, 0.05) is 48.4 Å². The molecule has 0 spiro atoms. The molecule has 0 unspecified atom stereocenters. The van der Waals surface area contributed by atoms with E-state index in [4.69, 9.17) is 13.7 Å². The number of fused-ring (bicyclic) bond motifs is 1.